The predicted octanol–water partition coefficient (Wildman–Crippen LogP) is 4.99. The van der Waals surface area contributed by atoms with Gasteiger partial charge in [0.05, 0.1) is 5.02 Å². The van der Waals surface area contributed by atoms with Gasteiger partial charge in [-0.2, -0.15) is 0 Å². The normalized spacial score (nSPS) is 12.1. The Balaban J connectivity index is 2.02. The Morgan fingerprint density at radius 1 is 1.19 bits per heavy atom. The number of anilines is 1. The van der Waals surface area contributed by atoms with Gasteiger partial charge < -0.3 is 10.1 Å². The molecule has 0 saturated carbocycles. The van der Waals surface area contributed by atoms with Crippen molar-refractivity contribution in [2.24, 2.45) is 0 Å². The van der Waals surface area contributed by atoms with E-state index in [1.54, 1.807) is 0 Å². The Morgan fingerprint density at radius 2 is 1.81 bits per heavy atom. The predicted molar refractivity (Wildman–Crippen MR) is 105 cm³/mol. The zero-order valence-electron chi connectivity index (χ0n) is 15.6. The van der Waals surface area contributed by atoms with Crippen LogP contribution < -0.4 is 5.32 Å². The van der Waals surface area contributed by atoms with Crippen LogP contribution >= 0.6 is 11.6 Å². The molecule has 2 aromatic rings. The fourth-order valence-electron chi connectivity index (χ4n) is 2.69. The first kappa shape index (κ1) is 20.6. The third-order valence-electron chi connectivity index (χ3n) is 3.97. The van der Waals surface area contributed by atoms with E-state index < -0.39 is 23.8 Å². The molecule has 0 aliphatic carbocycles. The summed E-state index contributed by atoms with van der Waals surface area (Å²) in [6.07, 6.45) is 1.24. The first-order chi connectivity index (χ1) is 12.7. The number of benzene rings is 2. The van der Waals surface area contributed by atoms with Crippen molar-refractivity contribution in [3.8, 4) is 0 Å². The van der Waals surface area contributed by atoms with Crippen LogP contribution in [0.15, 0.2) is 36.4 Å². The summed E-state index contributed by atoms with van der Waals surface area (Å²) in [6, 6.07) is 8.13. The van der Waals surface area contributed by atoms with E-state index in [4.69, 9.17) is 16.3 Å². The second kappa shape index (κ2) is 8.82. The number of carbonyl (C=O) groups excluding carboxylic acids is 2. The standard InChI is InChI=1S/C21H21ClFNO3/c1-12-10-13(2)20(14(3)11-12)24-21(26)15(4)27-19(25)9-8-16-17(22)6-5-7-18(16)23/h5-11,15H,1-4H3,(H,24,26)/b9-8+/t15-/m0/s1. The van der Waals surface area contributed by atoms with Crippen LogP contribution in [-0.4, -0.2) is 18.0 Å². The maximum Gasteiger partial charge on any atom is 0.331 e. The Labute approximate surface area is 163 Å². The molecule has 0 bridgehead atoms. The Bertz CT molecular complexity index is 865. The fourth-order valence-corrected chi connectivity index (χ4v) is 2.92. The average molecular weight is 390 g/mol. The molecule has 0 fully saturated rings. The Hall–Kier alpha value is -2.66. The number of ether oxygens (including phenoxy) is 1. The number of nitrogens with one attached hydrogen (secondary N) is 1. The first-order valence-corrected chi connectivity index (χ1v) is 8.78. The number of aryl methyl sites for hydroxylation is 3. The summed E-state index contributed by atoms with van der Waals surface area (Å²) in [7, 11) is 0. The molecule has 0 aromatic heterocycles. The van der Waals surface area contributed by atoms with Gasteiger partial charge in [-0.3, -0.25) is 4.79 Å². The van der Waals surface area contributed by atoms with Gasteiger partial charge in [0.15, 0.2) is 6.10 Å². The van der Waals surface area contributed by atoms with E-state index in [1.165, 1.54) is 31.2 Å². The van der Waals surface area contributed by atoms with Crippen molar-refractivity contribution in [2.45, 2.75) is 33.8 Å². The smallest absolute Gasteiger partial charge is 0.331 e. The maximum atomic E-state index is 13.7. The van der Waals surface area contributed by atoms with Crippen molar-refractivity contribution in [3.05, 3.63) is 69.5 Å². The first-order valence-electron chi connectivity index (χ1n) is 8.40. The van der Waals surface area contributed by atoms with Crippen LogP contribution in [0.4, 0.5) is 10.1 Å². The molecule has 0 radical (unpaired) electrons. The fraction of sp³-hybridized carbons (Fsp3) is 0.238. The number of halogens is 2. The summed E-state index contributed by atoms with van der Waals surface area (Å²) in [5.74, 6) is -1.77. The molecule has 6 heteroatoms. The van der Waals surface area contributed by atoms with Gasteiger partial charge in [-0.25, -0.2) is 9.18 Å². The van der Waals surface area contributed by atoms with E-state index >= 15 is 0 Å². The minimum Gasteiger partial charge on any atom is -0.449 e. The topological polar surface area (TPSA) is 55.4 Å². The largest absolute Gasteiger partial charge is 0.449 e. The monoisotopic (exact) mass is 389 g/mol. The molecule has 27 heavy (non-hydrogen) atoms. The lowest BCUT2D eigenvalue weighted by Crippen LogP contribution is -2.30. The van der Waals surface area contributed by atoms with E-state index in [0.29, 0.717) is 5.69 Å². The highest BCUT2D eigenvalue weighted by atomic mass is 35.5. The highest BCUT2D eigenvalue weighted by molar-refractivity contribution is 6.32. The third kappa shape index (κ3) is 5.41. The molecule has 0 aliphatic heterocycles. The van der Waals surface area contributed by atoms with Gasteiger partial charge in [-0.15, -0.1) is 0 Å². The highest BCUT2D eigenvalue weighted by Gasteiger charge is 2.18. The van der Waals surface area contributed by atoms with Crippen LogP contribution in [0.2, 0.25) is 5.02 Å². The lowest BCUT2D eigenvalue weighted by molar-refractivity contribution is -0.148. The van der Waals surface area contributed by atoms with Crippen molar-refractivity contribution < 1.29 is 18.7 Å². The van der Waals surface area contributed by atoms with Crippen LogP contribution in [0.1, 0.15) is 29.2 Å². The van der Waals surface area contributed by atoms with Gasteiger partial charge in [-0.1, -0.05) is 35.4 Å². The molecule has 0 unspecified atom stereocenters. The van der Waals surface area contributed by atoms with Crippen molar-refractivity contribution in [1.29, 1.82) is 0 Å². The number of carbonyl (C=O) groups is 2. The van der Waals surface area contributed by atoms with E-state index in [2.05, 4.69) is 5.32 Å². The van der Waals surface area contributed by atoms with Crippen LogP contribution in [0, 0.1) is 26.6 Å². The van der Waals surface area contributed by atoms with Gasteiger partial charge in [0.25, 0.3) is 5.91 Å². The second-order valence-electron chi connectivity index (χ2n) is 6.31. The number of esters is 1. The highest BCUT2D eigenvalue weighted by Crippen LogP contribution is 2.22. The zero-order valence-corrected chi connectivity index (χ0v) is 16.4. The summed E-state index contributed by atoms with van der Waals surface area (Å²) in [4.78, 5) is 24.3. The van der Waals surface area contributed by atoms with Crippen LogP contribution in [0.5, 0.6) is 0 Å². The average Bonchev–Trinajstić information content (AvgIpc) is 2.57. The van der Waals surface area contributed by atoms with Gasteiger partial charge in [-0.05, 0) is 57.0 Å². The number of amides is 1. The minimum absolute atomic E-state index is 0.0825. The van der Waals surface area contributed by atoms with Crippen molar-refractivity contribution in [3.63, 3.8) is 0 Å². The molecule has 1 amide bonds. The number of hydrogen-bond donors (Lipinski definition) is 1. The molecule has 142 valence electrons. The van der Waals surface area contributed by atoms with Gasteiger partial charge in [0.2, 0.25) is 0 Å². The van der Waals surface area contributed by atoms with Gasteiger partial charge in [0, 0.05) is 17.3 Å². The van der Waals surface area contributed by atoms with Crippen molar-refractivity contribution in [2.75, 3.05) is 5.32 Å². The van der Waals surface area contributed by atoms with Crippen LogP contribution in [-0.2, 0) is 14.3 Å². The third-order valence-corrected chi connectivity index (χ3v) is 4.30. The summed E-state index contributed by atoms with van der Waals surface area (Å²) in [5, 5.41) is 2.96. The zero-order chi connectivity index (χ0) is 20.1. The van der Waals surface area contributed by atoms with E-state index in [0.717, 1.165) is 22.8 Å². The quantitative estimate of drug-likeness (QED) is 0.579. The van der Waals surface area contributed by atoms with Crippen molar-refractivity contribution in [1.82, 2.24) is 0 Å². The van der Waals surface area contributed by atoms with Gasteiger partial charge in [0.1, 0.15) is 5.82 Å². The molecular weight excluding hydrogens is 369 g/mol. The summed E-state index contributed by atoms with van der Waals surface area (Å²) >= 11 is 5.89. The lowest BCUT2D eigenvalue weighted by Gasteiger charge is -2.16. The molecule has 0 aliphatic rings. The number of rotatable bonds is 5. The Kier molecular flexibility index (Phi) is 6.75. The molecular formula is C21H21ClFNO3. The van der Waals surface area contributed by atoms with E-state index in [-0.39, 0.29) is 10.6 Å². The van der Waals surface area contributed by atoms with E-state index in [1.807, 2.05) is 32.9 Å². The minimum atomic E-state index is -1.02. The molecule has 2 rings (SSSR count). The second-order valence-corrected chi connectivity index (χ2v) is 6.72. The Morgan fingerprint density at radius 3 is 2.41 bits per heavy atom. The van der Waals surface area contributed by atoms with Crippen LogP contribution in [0.3, 0.4) is 0 Å². The lowest BCUT2D eigenvalue weighted by atomic mass is 10.0. The molecule has 2 aromatic carbocycles. The molecule has 0 heterocycles. The van der Waals surface area contributed by atoms with E-state index in [9.17, 15) is 14.0 Å². The van der Waals surface area contributed by atoms with Crippen LogP contribution in [0.25, 0.3) is 6.08 Å². The number of hydrogen-bond acceptors (Lipinski definition) is 3. The molecule has 4 nitrogen and oxygen atoms in total. The SMILES string of the molecule is Cc1cc(C)c(NC(=O)[C@H](C)OC(=O)/C=C/c2c(F)cccc2Cl)c(C)c1. The van der Waals surface area contributed by atoms with Crippen molar-refractivity contribution >= 4 is 35.2 Å². The molecule has 1 atom stereocenters. The summed E-state index contributed by atoms with van der Waals surface area (Å²) in [6.45, 7) is 7.24. The molecule has 1 N–H and O–H groups in total. The summed E-state index contributed by atoms with van der Waals surface area (Å²) in [5.41, 5.74) is 3.72. The summed E-state index contributed by atoms with van der Waals surface area (Å²) < 4.78 is 18.8. The maximum absolute atomic E-state index is 13.7. The molecule has 0 saturated heterocycles. The van der Waals surface area contributed by atoms with Gasteiger partial charge >= 0.3 is 5.97 Å². The molecule has 0 spiro atoms.